The van der Waals surface area contributed by atoms with Crippen molar-refractivity contribution in [1.82, 2.24) is 0 Å². The van der Waals surface area contributed by atoms with Crippen molar-refractivity contribution in [1.29, 1.82) is 0 Å². The summed E-state index contributed by atoms with van der Waals surface area (Å²) in [4.78, 5) is 12.0. The van der Waals surface area contributed by atoms with Crippen molar-refractivity contribution in [2.24, 2.45) is 0 Å². The molecule has 0 radical (unpaired) electrons. The SMILES string of the molecule is CCCC(CC)OC(=O)Oc1ccccc1-c1ccccc1. The molecule has 1 atom stereocenters. The highest BCUT2D eigenvalue weighted by atomic mass is 16.7. The fraction of sp³-hybridized carbons (Fsp3) is 0.316. The van der Waals surface area contributed by atoms with Gasteiger partial charge in [0.2, 0.25) is 0 Å². The van der Waals surface area contributed by atoms with Crippen molar-refractivity contribution >= 4 is 6.16 Å². The molecule has 0 bridgehead atoms. The van der Waals surface area contributed by atoms with Gasteiger partial charge in [0.05, 0.1) is 0 Å². The van der Waals surface area contributed by atoms with E-state index in [0.29, 0.717) is 5.75 Å². The minimum Gasteiger partial charge on any atom is -0.431 e. The lowest BCUT2D eigenvalue weighted by Gasteiger charge is -2.16. The third kappa shape index (κ3) is 4.35. The predicted molar refractivity (Wildman–Crippen MR) is 88.0 cm³/mol. The molecule has 0 fully saturated rings. The number of benzene rings is 2. The van der Waals surface area contributed by atoms with Crippen molar-refractivity contribution < 1.29 is 14.3 Å². The average Bonchev–Trinajstić information content (AvgIpc) is 2.55. The van der Waals surface area contributed by atoms with Gasteiger partial charge in [-0.1, -0.05) is 68.8 Å². The fourth-order valence-electron chi connectivity index (χ4n) is 2.33. The third-order valence-corrected chi connectivity index (χ3v) is 3.49. The molecular weight excluding hydrogens is 276 g/mol. The zero-order valence-corrected chi connectivity index (χ0v) is 13.1. The Balaban J connectivity index is 2.12. The second kappa shape index (κ2) is 8.23. The number of ether oxygens (including phenoxy) is 2. The molecule has 22 heavy (non-hydrogen) atoms. The smallest absolute Gasteiger partial charge is 0.431 e. The van der Waals surface area contributed by atoms with Gasteiger partial charge in [0, 0.05) is 5.56 Å². The van der Waals surface area contributed by atoms with Crippen LogP contribution in [-0.4, -0.2) is 12.3 Å². The van der Waals surface area contributed by atoms with Crippen LogP contribution in [0, 0.1) is 0 Å². The maximum atomic E-state index is 12.0. The Bertz CT molecular complexity index is 593. The van der Waals surface area contributed by atoms with Crippen molar-refractivity contribution in [2.75, 3.05) is 0 Å². The Kier molecular flexibility index (Phi) is 6.01. The molecule has 2 aromatic rings. The lowest BCUT2D eigenvalue weighted by Crippen LogP contribution is -2.20. The molecule has 0 saturated heterocycles. The van der Waals surface area contributed by atoms with Gasteiger partial charge in [-0.15, -0.1) is 0 Å². The minimum atomic E-state index is -0.635. The van der Waals surface area contributed by atoms with E-state index in [9.17, 15) is 4.79 Å². The van der Waals surface area contributed by atoms with Crippen molar-refractivity contribution in [3.05, 3.63) is 54.6 Å². The van der Waals surface area contributed by atoms with E-state index in [1.807, 2.05) is 55.5 Å². The standard InChI is InChI=1S/C19H22O3/c1-3-10-16(4-2)21-19(20)22-18-14-9-8-13-17(18)15-11-6-5-7-12-15/h5-9,11-14,16H,3-4,10H2,1-2H3. The lowest BCUT2D eigenvalue weighted by atomic mass is 10.1. The van der Waals surface area contributed by atoms with Crippen LogP contribution in [0.1, 0.15) is 33.1 Å². The molecule has 0 aromatic heterocycles. The molecule has 0 aliphatic carbocycles. The van der Waals surface area contributed by atoms with E-state index >= 15 is 0 Å². The molecular formula is C19H22O3. The van der Waals surface area contributed by atoms with E-state index in [1.165, 1.54) is 0 Å². The molecule has 3 nitrogen and oxygen atoms in total. The van der Waals surface area contributed by atoms with Gasteiger partial charge in [0.25, 0.3) is 0 Å². The quantitative estimate of drug-likeness (QED) is 0.525. The summed E-state index contributed by atoms with van der Waals surface area (Å²) in [7, 11) is 0. The highest BCUT2D eigenvalue weighted by Crippen LogP contribution is 2.29. The summed E-state index contributed by atoms with van der Waals surface area (Å²) in [6.45, 7) is 4.08. The number of rotatable bonds is 6. The Labute approximate surface area is 131 Å². The van der Waals surface area contributed by atoms with Crippen LogP contribution in [0.2, 0.25) is 0 Å². The van der Waals surface area contributed by atoms with E-state index in [4.69, 9.17) is 9.47 Å². The van der Waals surface area contributed by atoms with Gasteiger partial charge in [-0.2, -0.15) is 0 Å². The second-order valence-electron chi connectivity index (χ2n) is 5.15. The maximum absolute atomic E-state index is 12.0. The number of carbonyl (C=O) groups excluding carboxylic acids is 1. The molecule has 0 aliphatic heterocycles. The molecule has 0 spiro atoms. The second-order valence-corrected chi connectivity index (χ2v) is 5.15. The normalized spacial score (nSPS) is 11.7. The number of hydrogen-bond acceptors (Lipinski definition) is 3. The summed E-state index contributed by atoms with van der Waals surface area (Å²) in [5.74, 6) is 0.519. The molecule has 0 amide bonds. The molecule has 0 saturated carbocycles. The maximum Gasteiger partial charge on any atom is 0.514 e. The van der Waals surface area contributed by atoms with Crippen LogP contribution in [0.15, 0.2) is 54.6 Å². The average molecular weight is 298 g/mol. The molecule has 116 valence electrons. The first-order chi connectivity index (χ1) is 10.7. The molecule has 0 aliphatic rings. The first-order valence-corrected chi connectivity index (χ1v) is 7.77. The Hall–Kier alpha value is -2.29. The van der Waals surface area contributed by atoms with E-state index in [0.717, 1.165) is 30.4 Å². The summed E-state index contributed by atoms with van der Waals surface area (Å²) in [5, 5.41) is 0. The van der Waals surface area contributed by atoms with Crippen LogP contribution >= 0.6 is 0 Å². The first kappa shape index (κ1) is 16.1. The lowest BCUT2D eigenvalue weighted by molar-refractivity contribution is 0.0527. The van der Waals surface area contributed by atoms with E-state index < -0.39 is 6.16 Å². The third-order valence-electron chi connectivity index (χ3n) is 3.49. The fourth-order valence-corrected chi connectivity index (χ4v) is 2.33. The van der Waals surface area contributed by atoms with E-state index in [1.54, 1.807) is 6.07 Å². The molecule has 2 aromatic carbocycles. The van der Waals surface area contributed by atoms with Gasteiger partial charge in [-0.3, -0.25) is 0 Å². The highest BCUT2D eigenvalue weighted by Gasteiger charge is 2.15. The van der Waals surface area contributed by atoms with Crippen LogP contribution in [0.3, 0.4) is 0 Å². The molecule has 1 unspecified atom stereocenters. The molecule has 3 heteroatoms. The number of para-hydroxylation sites is 1. The summed E-state index contributed by atoms with van der Waals surface area (Å²) in [6.07, 6.45) is 1.91. The Morgan fingerprint density at radius 3 is 2.36 bits per heavy atom. The minimum absolute atomic E-state index is 0.0820. The monoisotopic (exact) mass is 298 g/mol. The van der Waals surface area contributed by atoms with Crippen LogP contribution in [0.5, 0.6) is 5.75 Å². The van der Waals surface area contributed by atoms with Gasteiger partial charge in [-0.05, 0) is 24.5 Å². The van der Waals surface area contributed by atoms with Crippen LogP contribution in [0.4, 0.5) is 4.79 Å². The van der Waals surface area contributed by atoms with E-state index in [-0.39, 0.29) is 6.10 Å². The summed E-state index contributed by atoms with van der Waals surface area (Å²) in [5.41, 5.74) is 1.88. The largest absolute Gasteiger partial charge is 0.514 e. The zero-order chi connectivity index (χ0) is 15.8. The topological polar surface area (TPSA) is 35.5 Å². The Morgan fingerprint density at radius 2 is 1.68 bits per heavy atom. The molecule has 0 heterocycles. The van der Waals surface area contributed by atoms with Crippen LogP contribution in [-0.2, 0) is 4.74 Å². The molecule has 2 rings (SSSR count). The van der Waals surface area contributed by atoms with Crippen molar-refractivity contribution in [2.45, 2.75) is 39.2 Å². The molecule has 0 N–H and O–H groups in total. The number of hydrogen-bond donors (Lipinski definition) is 0. The van der Waals surface area contributed by atoms with Gasteiger partial charge in [0.1, 0.15) is 11.9 Å². The first-order valence-electron chi connectivity index (χ1n) is 7.77. The van der Waals surface area contributed by atoms with Crippen LogP contribution in [0.25, 0.3) is 11.1 Å². The van der Waals surface area contributed by atoms with Gasteiger partial charge < -0.3 is 9.47 Å². The Morgan fingerprint density at radius 1 is 1.00 bits per heavy atom. The van der Waals surface area contributed by atoms with Crippen LogP contribution < -0.4 is 4.74 Å². The van der Waals surface area contributed by atoms with Crippen molar-refractivity contribution in [3.8, 4) is 16.9 Å². The predicted octanol–water partition coefficient (Wildman–Crippen LogP) is 5.45. The number of carbonyl (C=O) groups is 1. The van der Waals surface area contributed by atoms with Gasteiger partial charge >= 0.3 is 6.16 Å². The highest BCUT2D eigenvalue weighted by molar-refractivity contribution is 5.74. The van der Waals surface area contributed by atoms with Gasteiger partial charge in [-0.25, -0.2) is 4.79 Å². The van der Waals surface area contributed by atoms with E-state index in [2.05, 4.69) is 6.92 Å². The summed E-state index contributed by atoms with van der Waals surface area (Å²) >= 11 is 0. The van der Waals surface area contributed by atoms with Gasteiger partial charge in [0.15, 0.2) is 0 Å². The summed E-state index contributed by atoms with van der Waals surface area (Å²) < 4.78 is 10.8. The zero-order valence-electron chi connectivity index (χ0n) is 13.1. The van der Waals surface area contributed by atoms with Crippen molar-refractivity contribution in [3.63, 3.8) is 0 Å². The summed E-state index contributed by atoms with van der Waals surface area (Å²) in [6, 6.07) is 17.3.